The number of nitrogens with one attached hydrogen (secondary N) is 2. The Morgan fingerprint density at radius 1 is 0.923 bits per heavy atom. The molecule has 0 radical (unpaired) electrons. The Morgan fingerprint density at radius 2 is 1.59 bits per heavy atom. The molecule has 1 aliphatic rings. The number of carbonyl (C=O) groups excluding carboxylic acids is 4. The first-order valence-electron chi connectivity index (χ1n) is 12.8. The summed E-state index contributed by atoms with van der Waals surface area (Å²) >= 11 is 1.45. The van der Waals surface area contributed by atoms with Crippen LogP contribution in [-0.4, -0.2) is 45.5 Å². The fraction of sp³-hybridized carbons (Fsp3) is 0.233. The number of amides is 3. The zero-order valence-corrected chi connectivity index (χ0v) is 22.0. The third-order valence-electron chi connectivity index (χ3n) is 6.70. The predicted octanol–water partition coefficient (Wildman–Crippen LogP) is 3.40. The number of thiazole rings is 1. The summed E-state index contributed by atoms with van der Waals surface area (Å²) in [5.74, 6) is -2.09. The SMILES string of the molecule is O=C(NCc1nc2ccccc2s1)C(=O)C(Cc1ccccc1)NC(=O)C1CCC(=O)N1Cc1ccccc1. The van der Waals surface area contributed by atoms with E-state index in [0.29, 0.717) is 18.0 Å². The summed E-state index contributed by atoms with van der Waals surface area (Å²) in [6.45, 7) is 0.412. The Morgan fingerprint density at radius 3 is 2.31 bits per heavy atom. The van der Waals surface area contributed by atoms with Crippen LogP contribution in [0.4, 0.5) is 0 Å². The molecule has 2 unspecified atom stereocenters. The standard InChI is InChI=1S/C30H28N4O4S/c35-27-16-15-24(34(27)19-21-11-5-2-6-12-21)29(37)33-23(17-20-9-3-1-4-10-20)28(36)30(38)31-18-26-32-22-13-7-8-14-25(22)39-26/h1-14,23-24H,15-19H2,(H,31,38)(H,33,37). The van der Waals surface area contributed by atoms with E-state index < -0.39 is 29.7 Å². The smallest absolute Gasteiger partial charge is 0.289 e. The molecule has 2 atom stereocenters. The van der Waals surface area contributed by atoms with Gasteiger partial charge in [-0.15, -0.1) is 11.3 Å². The number of aromatic nitrogens is 1. The van der Waals surface area contributed by atoms with E-state index in [9.17, 15) is 19.2 Å². The number of nitrogens with zero attached hydrogens (tertiary/aromatic N) is 2. The van der Waals surface area contributed by atoms with Crippen molar-refractivity contribution in [3.63, 3.8) is 0 Å². The van der Waals surface area contributed by atoms with Gasteiger partial charge in [0, 0.05) is 19.4 Å². The molecule has 9 heteroatoms. The van der Waals surface area contributed by atoms with Crippen LogP contribution in [-0.2, 0) is 38.7 Å². The fourth-order valence-corrected chi connectivity index (χ4v) is 5.62. The second-order valence-electron chi connectivity index (χ2n) is 9.43. The van der Waals surface area contributed by atoms with Crippen molar-refractivity contribution in [3.05, 3.63) is 101 Å². The highest BCUT2D eigenvalue weighted by Gasteiger charge is 2.38. The van der Waals surface area contributed by atoms with Gasteiger partial charge in [-0.3, -0.25) is 19.2 Å². The van der Waals surface area contributed by atoms with Gasteiger partial charge < -0.3 is 15.5 Å². The maximum atomic E-state index is 13.4. The monoisotopic (exact) mass is 540 g/mol. The van der Waals surface area contributed by atoms with Gasteiger partial charge in [-0.25, -0.2) is 4.98 Å². The lowest BCUT2D eigenvalue weighted by molar-refractivity contribution is -0.141. The molecule has 198 valence electrons. The lowest BCUT2D eigenvalue weighted by Crippen LogP contribution is -2.53. The summed E-state index contributed by atoms with van der Waals surface area (Å²) in [4.78, 5) is 58.3. The van der Waals surface area contributed by atoms with Crippen molar-refractivity contribution in [1.82, 2.24) is 20.5 Å². The van der Waals surface area contributed by atoms with Crippen LogP contribution >= 0.6 is 11.3 Å². The van der Waals surface area contributed by atoms with E-state index >= 15 is 0 Å². The second kappa shape index (κ2) is 12.0. The van der Waals surface area contributed by atoms with Crippen LogP contribution in [0.25, 0.3) is 10.2 Å². The summed E-state index contributed by atoms with van der Waals surface area (Å²) in [7, 11) is 0. The van der Waals surface area contributed by atoms with Gasteiger partial charge in [0.1, 0.15) is 17.1 Å². The molecule has 1 aromatic heterocycles. The first-order valence-corrected chi connectivity index (χ1v) is 13.6. The van der Waals surface area contributed by atoms with E-state index in [4.69, 9.17) is 0 Å². The molecule has 39 heavy (non-hydrogen) atoms. The highest BCUT2D eigenvalue weighted by atomic mass is 32.1. The summed E-state index contributed by atoms with van der Waals surface area (Å²) in [6, 6.07) is 24.5. The second-order valence-corrected chi connectivity index (χ2v) is 10.6. The third-order valence-corrected chi connectivity index (χ3v) is 7.74. The molecule has 3 aromatic carbocycles. The quantitative estimate of drug-likeness (QED) is 0.300. The van der Waals surface area contributed by atoms with Crippen LogP contribution in [0.2, 0.25) is 0 Å². The lowest BCUT2D eigenvalue weighted by Gasteiger charge is -2.26. The number of para-hydroxylation sites is 1. The van der Waals surface area contributed by atoms with Gasteiger partial charge in [0.25, 0.3) is 5.91 Å². The number of fused-ring (bicyclic) bond motifs is 1. The molecule has 0 aliphatic carbocycles. The van der Waals surface area contributed by atoms with Crippen molar-refractivity contribution in [1.29, 1.82) is 0 Å². The first kappa shape index (κ1) is 26.2. The van der Waals surface area contributed by atoms with E-state index in [-0.39, 0.29) is 25.3 Å². The molecular formula is C30H28N4O4S. The zero-order valence-electron chi connectivity index (χ0n) is 21.2. The molecular weight excluding hydrogens is 512 g/mol. The van der Waals surface area contributed by atoms with Gasteiger partial charge in [0.15, 0.2) is 0 Å². The minimum absolute atomic E-state index is 0.109. The predicted molar refractivity (Wildman–Crippen MR) is 149 cm³/mol. The largest absolute Gasteiger partial charge is 0.344 e. The minimum atomic E-state index is -1.08. The highest BCUT2D eigenvalue weighted by molar-refractivity contribution is 7.18. The molecule has 0 saturated carbocycles. The average Bonchev–Trinajstić information content (AvgIpc) is 3.55. The Labute approximate surface area is 230 Å². The summed E-state index contributed by atoms with van der Waals surface area (Å²) in [5.41, 5.74) is 2.55. The maximum absolute atomic E-state index is 13.4. The highest BCUT2D eigenvalue weighted by Crippen LogP contribution is 2.23. The van der Waals surface area contributed by atoms with Crippen molar-refractivity contribution in [2.75, 3.05) is 0 Å². The molecule has 4 aromatic rings. The molecule has 1 fully saturated rings. The van der Waals surface area contributed by atoms with Crippen molar-refractivity contribution in [2.45, 2.75) is 44.4 Å². The number of rotatable bonds is 10. The summed E-state index contributed by atoms with van der Waals surface area (Å²) in [6.07, 6.45) is 0.762. The molecule has 2 N–H and O–H groups in total. The Bertz CT molecular complexity index is 1460. The minimum Gasteiger partial charge on any atom is -0.344 e. The molecule has 3 amide bonds. The van der Waals surface area contributed by atoms with E-state index in [1.807, 2.05) is 84.9 Å². The Kier molecular flexibility index (Phi) is 8.07. The van der Waals surface area contributed by atoms with Crippen LogP contribution in [0, 0.1) is 0 Å². The maximum Gasteiger partial charge on any atom is 0.289 e. The number of ketones is 1. The summed E-state index contributed by atoms with van der Waals surface area (Å²) < 4.78 is 0.994. The number of carbonyl (C=O) groups is 4. The normalized spacial score (nSPS) is 15.7. The van der Waals surface area contributed by atoms with Crippen LogP contribution in [0.3, 0.4) is 0 Å². The molecule has 1 saturated heterocycles. The van der Waals surface area contributed by atoms with E-state index in [2.05, 4.69) is 15.6 Å². The molecule has 1 aliphatic heterocycles. The van der Waals surface area contributed by atoms with E-state index in [0.717, 1.165) is 21.3 Å². The van der Waals surface area contributed by atoms with Crippen LogP contribution in [0.15, 0.2) is 84.9 Å². The van der Waals surface area contributed by atoms with E-state index in [1.165, 1.54) is 11.3 Å². The number of hydrogen-bond acceptors (Lipinski definition) is 6. The van der Waals surface area contributed by atoms with Crippen LogP contribution < -0.4 is 10.6 Å². The number of benzene rings is 3. The van der Waals surface area contributed by atoms with Crippen LogP contribution in [0.5, 0.6) is 0 Å². The van der Waals surface area contributed by atoms with Gasteiger partial charge in [-0.1, -0.05) is 72.8 Å². The van der Waals surface area contributed by atoms with Gasteiger partial charge in [0.05, 0.1) is 16.8 Å². The summed E-state index contributed by atoms with van der Waals surface area (Å²) in [5, 5.41) is 6.13. The lowest BCUT2D eigenvalue weighted by atomic mass is 10.0. The fourth-order valence-electron chi connectivity index (χ4n) is 4.71. The number of Topliss-reactive ketones (excluding diaryl/α,β-unsaturated/α-hetero) is 1. The van der Waals surface area contributed by atoms with Crippen LogP contribution in [0.1, 0.15) is 29.0 Å². The Balaban J connectivity index is 1.28. The van der Waals surface area contributed by atoms with Crippen molar-refractivity contribution in [2.24, 2.45) is 0 Å². The molecule has 5 rings (SSSR count). The number of likely N-dealkylation sites (tertiary alicyclic amines) is 1. The van der Waals surface area contributed by atoms with Crippen molar-refractivity contribution < 1.29 is 19.2 Å². The van der Waals surface area contributed by atoms with Gasteiger partial charge in [-0.2, -0.15) is 0 Å². The van der Waals surface area contributed by atoms with E-state index in [1.54, 1.807) is 4.90 Å². The Hall–Kier alpha value is -4.37. The molecule has 0 bridgehead atoms. The van der Waals surface area contributed by atoms with Crippen molar-refractivity contribution >= 4 is 45.1 Å². The number of hydrogen-bond donors (Lipinski definition) is 2. The zero-order chi connectivity index (χ0) is 27.2. The van der Waals surface area contributed by atoms with Gasteiger partial charge in [0.2, 0.25) is 17.6 Å². The first-order chi connectivity index (χ1) is 19.0. The topological polar surface area (TPSA) is 108 Å². The average molecular weight is 541 g/mol. The van der Waals surface area contributed by atoms with Crippen molar-refractivity contribution in [3.8, 4) is 0 Å². The third kappa shape index (κ3) is 6.38. The molecule has 2 heterocycles. The molecule has 8 nitrogen and oxygen atoms in total. The van der Waals surface area contributed by atoms with Gasteiger partial charge >= 0.3 is 0 Å². The molecule has 0 spiro atoms. The van der Waals surface area contributed by atoms with Gasteiger partial charge in [-0.05, 0) is 29.7 Å².